The van der Waals surface area contributed by atoms with Crippen LogP contribution in [0.15, 0.2) is 42.6 Å². The van der Waals surface area contributed by atoms with Gasteiger partial charge in [-0.15, -0.1) is 0 Å². The minimum atomic E-state index is 0.569. The average Bonchev–Trinajstić information content (AvgIpc) is 2.61. The quantitative estimate of drug-likeness (QED) is 0.593. The summed E-state index contributed by atoms with van der Waals surface area (Å²) in [5.41, 5.74) is 2.75. The van der Waals surface area contributed by atoms with Gasteiger partial charge in [0.1, 0.15) is 0 Å². The van der Waals surface area contributed by atoms with Gasteiger partial charge in [0.15, 0.2) is 11.5 Å². The van der Waals surface area contributed by atoms with Crippen LogP contribution in [0.4, 0.5) is 11.4 Å². The number of nitrogens with one attached hydrogen (secondary N) is 1. The van der Waals surface area contributed by atoms with E-state index in [-0.39, 0.29) is 0 Å². The Morgan fingerprint density at radius 2 is 1.62 bits per heavy atom. The van der Waals surface area contributed by atoms with Crippen LogP contribution in [0.2, 0.25) is 0 Å². The van der Waals surface area contributed by atoms with Gasteiger partial charge in [-0.05, 0) is 46.9 Å². The standard InChI is InChI=1S/C18H17IN2O3/c1-22-16-9-12(10-17(23-2)18(16)24-3)21-15-6-7-20-14-5-4-11(19)8-13(14)15/h4-10H,1-3H3,(H,20,21). The molecule has 1 heterocycles. The van der Waals surface area contributed by atoms with Crippen molar-refractivity contribution in [2.24, 2.45) is 0 Å². The molecule has 6 heteroatoms. The molecule has 0 unspecified atom stereocenters. The Morgan fingerprint density at radius 1 is 0.917 bits per heavy atom. The molecule has 124 valence electrons. The Bertz CT molecular complexity index is 858. The lowest BCUT2D eigenvalue weighted by Gasteiger charge is -2.16. The molecule has 2 aromatic carbocycles. The number of fused-ring (bicyclic) bond motifs is 1. The van der Waals surface area contributed by atoms with Crippen molar-refractivity contribution >= 4 is 44.9 Å². The molecule has 1 aromatic heterocycles. The van der Waals surface area contributed by atoms with Crippen LogP contribution in [-0.4, -0.2) is 26.3 Å². The number of pyridine rings is 1. The topological polar surface area (TPSA) is 52.6 Å². The summed E-state index contributed by atoms with van der Waals surface area (Å²) in [6, 6.07) is 11.9. The summed E-state index contributed by atoms with van der Waals surface area (Å²) in [5.74, 6) is 1.78. The van der Waals surface area contributed by atoms with E-state index in [0.717, 1.165) is 25.8 Å². The molecule has 0 saturated heterocycles. The zero-order valence-corrected chi connectivity index (χ0v) is 15.7. The van der Waals surface area contributed by atoms with Crippen molar-refractivity contribution in [3.8, 4) is 17.2 Å². The number of aromatic nitrogens is 1. The first-order valence-corrected chi connectivity index (χ1v) is 8.35. The average molecular weight is 436 g/mol. The van der Waals surface area contributed by atoms with Gasteiger partial charge in [-0.3, -0.25) is 4.98 Å². The van der Waals surface area contributed by atoms with E-state index >= 15 is 0 Å². The lowest BCUT2D eigenvalue weighted by molar-refractivity contribution is 0.324. The van der Waals surface area contributed by atoms with Crippen LogP contribution in [0.3, 0.4) is 0 Å². The van der Waals surface area contributed by atoms with Gasteiger partial charge in [0.25, 0.3) is 0 Å². The minimum absolute atomic E-state index is 0.569. The third-order valence-corrected chi connectivity index (χ3v) is 4.32. The Morgan fingerprint density at radius 3 is 2.25 bits per heavy atom. The Kier molecular flexibility index (Phi) is 4.94. The summed E-state index contributed by atoms with van der Waals surface area (Å²) < 4.78 is 17.3. The van der Waals surface area contributed by atoms with Crippen molar-refractivity contribution < 1.29 is 14.2 Å². The Labute approximate surface area is 154 Å². The van der Waals surface area contributed by atoms with Gasteiger partial charge >= 0.3 is 0 Å². The molecule has 0 saturated carbocycles. The van der Waals surface area contributed by atoms with Crippen LogP contribution < -0.4 is 19.5 Å². The zero-order valence-electron chi connectivity index (χ0n) is 13.6. The van der Waals surface area contributed by atoms with Crippen LogP contribution in [0, 0.1) is 3.57 Å². The third-order valence-electron chi connectivity index (χ3n) is 3.65. The maximum atomic E-state index is 5.41. The number of hydrogen-bond acceptors (Lipinski definition) is 5. The van der Waals surface area contributed by atoms with Crippen molar-refractivity contribution in [2.75, 3.05) is 26.6 Å². The summed E-state index contributed by atoms with van der Waals surface area (Å²) in [6.45, 7) is 0. The normalized spacial score (nSPS) is 10.5. The monoisotopic (exact) mass is 436 g/mol. The van der Waals surface area contributed by atoms with E-state index in [2.05, 4.69) is 39.0 Å². The molecule has 0 aliphatic rings. The van der Waals surface area contributed by atoms with Gasteiger partial charge in [0, 0.05) is 38.7 Å². The van der Waals surface area contributed by atoms with E-state index < -0.39 is 0 Å². The molecule has 0 bridgehead atoms. The molecule has 0 amide bonds. The number of rotatable bonds is 5. The summed E-state index contributed by atoms with van der Waals surface area (Å²) >= 11 is 2.30. The second-order valence-corrected chi connectivity index (χ2v) is 6.30. The number of nitrogens with zero attached hydrogens (tertiary/aromatic N) is 1. The SMILES string of the molecule is COc1cc(Nc2ccnc3ccc(I)cc23)cc(OC)c1OC. The van der Waals surface area contributed by atoms with E-state index in [9.17, 15) is 0 Å². The van der Waals surface area contributed by atoms with E-state index in [4.69, 9.17) is 14.2 Å². The summed E-state index contributed by atoms with van der Waals surface area (Å²) in [7, 11) is 4.79. The van der Waals surface area contributed by atoms with E-state index in [0.29, 0.717) is 17.2 Å². The number of methoxy groups -OCH3 is 3. The summed E-state index contributed by atoms with van der Waals surface area (Å²) in [4.78, 5) is 4.41. The summed E-state index contributed by atoms with van der Waals surface area (Å²) in [5, 5.41) is 4.47. The van der Waals surface area contributed by atoms with E-state index in [1.807, 2.05) is 30.3 Å². The molecule has 3 rings (SSSR count). The molecule has 0 aliphatic heterocycles. The molecule has 0 spiro atoms. The molecule has 3 aromatic rings. The third kappa shape index (κ3) is 3.19. The molecule has 1 N–H and O–H groups in total. The number of halogens is 1. The Hall–Kier alpha value is -2.22. The van der Waals surface area contributed by atoms with Crippen molar-refractivity contribution in [2.45, 2.75) is 0 Å². The number of anilines is 2. The van der Waals surface area contributed by atoms with Crippen LogP contribution in [-0.2, 0) is 0 Å². The Balaban J connectivity index is 2.07. The maximum Gasteiger partial charge on any atom is 0.203 e. The van der Waals surface area contributed by atoms with Crippen LogP contribution in [0.25, 0.3) is 10.9 Å². The highest BCUT2D eigenvalue weighted by atomic mass is 127. The van der Waals surface area contributed by atoms with Crippen LogP contribution in [0.1, 0.15) is 0 Å². The van der Waals surface area contributed by atoms with Gasteiger partial charge in [0.2, 0.25) is 5.75 Å². The molecule has 0 atom stereocenters. The second kappa shape index (κ2) is 7.12. The smallest absolute Gasteiger partial charge is 0.203 e. The highest BCUT2D eigenvalue weighted by molar-refractivity contribution is 14.1. The maximum absolute atomic E-state index is 5.41. The van der Waals surface area contributed by atoms with Gasteiger partial charge < -0.3 is 19.5 Å². The fraction of sp³-hybridized carbons (Fsp3) is 0.167. The van der Waals surface area contributed by atoms with Gasteiger partial charge in [-0.25, -0.2) is 0 Å². The van der Waals surface area contributed by atoms with Crippen LogP contribution >= 0.6 is 22.6 Å². The first-order chi connectivity index (χ1) is 11.7. The largest absolute Gasteiger partial charge is 0.493 e. The van der Waals surface area contributed by atoms with Crippen molar-refractivity contribution in [3.05, 3.63) is 46.2 Å². The molecular formula is C18H17IN2O3. The van der Waals surface area contributed by atoms with Gasteiger partial charge in [0.05, 0.1) is 26.8 Å². The molecule has 0 fully saturated rings. The lowest BCUT2D eigenvalue weighted by atomic mass is 10.1. The highest BCUT2D eigenvalue weighted by Crippen LogP contribution is 2.41. The zero-order chi connectivity index (χ0) is 17.1. The van der Waals surface area contributed by atoms with Gasteiger partial charge in [-0.1, -0.05) is 0 Å². The second-order valence-electron chi connectivity index (χ2n) is 5.06. The fourth-order valence-electron chi connectivity index (χ4n) is 2.54. The molecule has 5 nitrogen and oxygen atoms in total. The highest BCUT2D eigenvalue weighted by Gasteiger charge is 2.14. The van der Waals surface area contributed by atoms with Crippen molar-refractivity contribution in [3.63, 3.8) is 0 Å². The molecule has 24 heavy (non-hydrogen) atoms. The molecular weight excluding hydrogens is 419 g/mol. The van der Waals surface area contributed by atoms with E-state index in [1.54, 1.807) is 27.5 Å². The number of hydrogen-bond donors (Lipinski definition) is 1. The van der Waals surface area contributed by atoms with Crippen molar-refractivity contribution in [1.29, 1.82) is 0 Å². The first kappa shape index (κ1) is 16.6. The minimum Gasteiger partial charge on any atom is -0.493 e. The number of ether oxygens (including phenoxy) is 3. The van der Waals surface area contributed by atoms with Crippen molar-refractivity contribution in [1.82, 2.24) is 4.98 Å². The van der Waals surface area contributed by atoms with Crippen LogP contribution in [0.5, 0.6) is 17.2 Å². The predicted molar refractivity (Wildman–Crippen MR) is 104 cm³/mol. The van der Waals surface area contributed by atoms with Gasteiger partial charge in [-0.2, -0.15) is 0 Å². The lowest BCUT2D eigenvalue weighted by Crippen LogP contribution is -1.98. The first-order valence-electron chi connectivity index (χ1n) is 7.27. The number of benzene rings is 2. The molecule has 0 radical (unpaired) electrons. The fourth-order valence-corrected chi connectivity index (χ4v) is 3.03. The predicted octanol–water partition coefficient (Wildman–Crippen LogP) is 4.61. The summed E-state index contributed by atoms with van der Waals surface area (Å²) in [6.07, 6.45) is 1.79. The molecule has 0 aliphatic carbocycles. The van der Waals surface area contributed by atoms with E-state index in [1.165, 1.54) is 0 Å².